The highest BCUT2D eigenvalue weighted by Crippen LogP contribution is 2.37. The van der Waals surface area contributed by atoms with E-state index < -0.39 is 0 Å². The first-order chi connectivity index (χ1) is 23.5. The fraction of sp³-hybridized carbons (Fsp3) is 0.158. The molecule has 48 heavy (non-hydrogen) atoms. The van der Waals surface area contributed by atoms with Gasteiger partial charge >= 0.3 is 0 Å². The van der Waals surface area contributed by atoms with Gasteiger partial charge < -0.3 is 30.1 Å². The van der Waals surface area contributed by atoms with E-state index in [4.69, 9.17) is 9.47 Å². The molecule has 10 nitrogen and oxygen atoms in total. The molecular formula is C38H36N6O4. The minimum Gasteiger partial charge on any atom is -0.497 e. The number of aliphatic imine (C=N–C) groups is 2. The molecule has 10 heteroatoms. The number of ether oxygens (including phenoxy) is 2. The molecule has 0 atom stereocenters. The second kappa shape index (κ2) is 14.1. The van der Waals surface area contributed by atoms with Crippen LogP contribution in [0.25, 0.3) is 21.8 Å². The van der Waals surface area contributed by atoms with Crippen LogP contribution >= 0.6 is 0 Å². The summed E-state index contributed by atoms with van der Waals surface area (Å²) in [6.07, 6.45) is 0. The molecule has 0 bridgehead atoms. The number of aromatic nitrogens is 2. The summed E-state index contributed by atoms with van der Waals surface area (Å²) in [5.74, 6) is 1.20. The summed E-state index contributed by atoms with van der Waals surface area (Å²) in [4.78, 5) is 39.9. The molecule has 4 heterocycles. The lowest BCUT2D eigenvalue weighted by molar-refractivity contribution is -0.115. The molecule has 8 rings (SSSR count). The Morgan fingerprint density at radius 1 is 0.604 bits per heavy atom. The van der Waals surface area contributed by atoms with E-state index in [1.54, 1.807) is 14.2 Å². The van der Waals surface area contributed by atoms with Crippen molar-refractivity contribution in [3.8, 4) is 11.5 Å². The SMILES string of the molecule is CC.COc1ccc2[nH]c3c(c2c1)NC(=O)CN=C3c1ccccc1.COc1cccc2[nH]c3c(c12)NC(=O)CN=C3c1ccccc1. The van der Waals surface area contributed by atoms with Crippen LogP contribution in [-0.4, -0.2) is 60.5 Å². The molecule has 0 spiro atoms. The smallest absolute Gasteiger partial charge is 0.246 e. The van der Waals surface area contributed by atoms with Crippen molar-refractivity contribution in [1.82, 2.24) is 9.97 Å². The Bertz CT molecular complexity index is 2160. The Hall–Kier alpha value is -6.16. The molecule has 0 aliphatic carbocycles. The molecule has 0 radical (unpaired) electrons. The van der Waals surface area contributed by atoms with Gasteiger partial charge in [0.2, 0.25) is 11.8 Å². The molecule has 0 unspecified atom stereocenters. The van der Waals surface area contributed by atoms with Gasteiger partial charge in [-0.3, -0.25) is 19.6 Å². The van der Waals surface area contributed by atoms with Crippen molar-refractivity contribution in [3.63, 3.8) is 0 Å². The van der Waals surface area contributed by atoms with Crippen LogP contribution in [-0.2, 0) is 9.59 Å². The van der Waals surface area contributed by atoms with Gasteiger partial charge in [-0.25, -0.2) is 0 Å². The standard InChI is InChI=1S/2C18H15N3O2.C2H6/c1-23-13-9-5-8-12-15(13)17-18(20-12)16(19-10-14(22)21-17)11-6-3-2-4-7-11;1-23-12-7-8-14-13(9-12)17-18(20-14)16(19-10-15(22)21-17)11-5-3-2-4-6-11;1-2/h2*2-9,20H,10H2,1H3,(H,21,22);1-2H3. The predicted octanol–water partition coefficient (Wildman–Crippen LogP) is 6.96. The number of amides is 2. The van der Waals surface area contributed by atoms with Crippen molar-refractivity contribution in [2.24, 2.45) is 9.98 Å². The Kier molecular flexibility index (Phi) is 9.33. The summed E-state index contributed by atoms with van der Waals surface area (Å²) in [5.41, 5.74) is 8.45. The number of methoxy groups -OCH3 is 2. The highest BCUT2D eigenvalue weighted by molar-refractivity contribution is 6.24. The number of carbonyl (C=O) groups is 2. The lowest BCUT2D eigenvalue weighted by Crippen LogP contribution is -2.13. The predicted molar refractivity (Wildman–Crippen MR) is 192 cm³/mol. The summed E-state index contributed by atoms with van der Waals surface area (Å²) in [6, 6.07) is 31.2. The number of hydrogen-bond acceptors (Lipinski definition) is 6. The van der Waals surface area contributed by atoms with Crippen molar-refractivity contribution in [2.45, 2.75) is 13.8 Å². The zero-order valence-corrected chi connectivity index (χ0v) is 27.2. The molecule has 242 valence electrons. The van der Waals surface area contributed by atoms with Gasteiger partial charge in [0.05, 0.1) is 59.3 Å². The van der Waals surface area contributed by atoms with E-state index in [1.165, 1.54) is 0 Å². The number of H-pyrrole nitrogens is 2. The number of rotatable bonds is 4. The third-order valence-electron chi connectivity index (χ3n) is 7.87. The van der Waals surface area contributed by atoms with Crippen LogP contribution in [0.3, 0.4) is 0 Å². The van der Waals surface area contributed by atoms with E-state index in [9.17, 15) is 9.59 Å². The largest absolute Gasteiger partial charge is 0.497 e. The lowest BCUT2D eigenvalue weighted by Gasteiger charge is -2.07. The Balaban J connectivity index is 0.000000159. The maximum atomic E-state index is 12.1. The molecular weight excluding hydrogens is 604 g/mol. The molecule has 4 aromatic carbocycles. The first-order valence-electron chi connectivity index (χ1n) is 15.7. The summed E-state index contributed by atoms with van der Waals surface area (Å²) in [6.45, 7) is 4.21. The number of nitrogens with zero attached hydrogens (tertiary/aromatic N) is 2. The van der Waals surface area contributed by atoms with Crippen molar-refractivity contribution in [3.05, 3.63) is 120 Å². The summed E-state index contributed by atoms with van der Waals surface area (Å²) >= 11 is 0. The fourth-order valence-corrected chi connectivity index (χ4v) is 5.77. The maximum Gasteiger partial charge on any atom is 0.246 e. The number of hydrogen-bond donors (Lipinski definition) is 4. The van der Waals surface area contributed by atoms with Crippen molar-refractivity contribution in [1.29, 1.82) is 0 Å². The number of carbonyl (C=O) groups excluding carboxylic acids is 2. The van der Waals surface area contributed by atoms with Crippen LogP contribution in [0.5, 0.6) is 11.5 Å². The summed E-state index contributed by atoms with van der Waals surface area (Å²) in [5, 5.41) is 7.69. The first kappa shape index (κ1) is 31.8. The molecule has 2 aromatic heterocycles. The number of nitrogens with one attached hydrogen (secondary N) is 4. The number of benzene rings is 4. The molecule has 2 amide bonds. The van der Waals surface area contributed by atoms with Crippen molar-refractivity contribution < 1.29 is 19.1 Å². The van der Waals surface area contributed by atoms with Gasteiger partial charge in [0, 0.05) is 22.0 Å². The monoisotopic (exact) mass is 640 g/mol. The van der Waals surface area contributed by atoms with Gasteiger partial charge in [0.25, 0.3) is 0 Å². The van der Waals surface area contributed by atoms with E-state index >= 15 is 0 Å². The zero-order valence-electron chi connectivity index (χ0n) is 27.2. The van der Waals surface area contributed by atoms with E-state index in [1.807, 2.05) is 111 Å². The van der Waals surface area contributed by atoms with Gasteiger partial charge in [-0.2, -0.15) is 0 Å². The van der Waals surface area contributed by atoms with E-state index in [0.29, 0.717) is 0 Å². The van der Waals surface area contributed by atoms with Gasteiger partial charge in [-0.05, 0) is 30.3 Å². The third-order valence-corrected chi connectivity index (χ3v) is 7.87. The van der Waals surface area contributed by atoms with Gasteiger partial charge in [0.1, 0.15) is 24.6 Å². The quantitative estimate of drug-likeness (QED) is 0.166. The van der Waals surface area contributed by atoms with E-state index in [2.05, 4.69) is 30.6 Å². The summed E-state index contributed by atoms with van der Waals surface area (Å²) in [7, 11) is 3.25. The second-order valence-corrected chi connectivity index (χ2v) is 10.7. The molecule has 0 fully saturated rings. The molecule has 2 aliphatic heterocycles. The Labute approximate surface area is 277 Å². The normalized spacial score (nSPS) is 13.5. The number of aromatic amines is 2. The van der Waals surface area contributed by atoms with Crippen LogP contribution in [0.15, 0.2) is 107 Å². The molecule has 4 N–H and O–H groups in total. The van der Waals surface area contributed by atoms with Crippen LogP contribution in [0.2, 0.25) is 0 Å². The average Bonchev–Trinajstić information content (AvgIpc) is 3.56. The fourth-order valence-electron chi connectivity index (χ4n) is 5.77. The molecule has 0 saturated heterocycles. The molecule has 0 saturated carbocycles. The highest BCUT2D eigenvalue weighted by Gasteiger charge is 2.25. The van der Waals surface area contributed by atoms with Crippen molar-refractivity contribution >= 4 is 56.4 Å². The third kappa shape index (κ3) is 6.15. The van der Waals surface area contributed by atoms with Crippen LogP contribution in [0.4, 0.5) is 11.4 Å². The van der Waals surface area contributed by atoms with Gasteiger partial charge in [-0.1, -0.05) is 80.6 Å². The second-order valence-electron chi connectivity index (χ2n) is 10.7. The topological polar surface area (TPSA) is 133 Å². The minimum atomic E-state index is -0.135. The number of fused-ring (bicyclic) bond motifs is 6. The van der Waals surface area contributed by atoms with Crippen LogP contribution in [0.1, 0.15) is 36.4 Å². The van der Waals surface area contributed by atoms with Gasteiger partial charge in [0.15, 0.2) is 0 Å². The maximum absolute atomic E-state index is 12.1. The average molecular weight is 641 g/mol. The Morgan fingerprint density at radius 3 is 1.75 bits per heavy atom. The Morgan fingerprint density at radius 2 is 1.17 bits per heavy atom. The lowest BCUT2D eigenvalue weighted by atomic mass is 10.1. The minimum absolute atomic E-state index is 0.101. The van der Waals surface area contributed by atoms with Crippen molar-refractivity contribution in [2.75, 3.05) is 37.9 Å². The summed E-state index contributed by atoms with van der Waals surface area (Å²) < 4.78 is 10.8. The molecule has 6 aromatic rings. The zero-order chi connectivity index (χ0) is 33.6. The van der Waals surface area contributed by atoms with Crippen LogP contribution < -0.4 is 20.1 Å². The van der Waals surface area contributed by atoms with Gasteiger partial charge in [-0.15, -0.1) is 0 Å². The first-order valence-corrected chi connectivity index (χ1v) is 15.7. The van der Waals surface area contributed by atoms with Crippen LogP contribution in [0, 0.1) is 0 Å². The molecule has 2 aliphatic rings. The van der Waals surface area contributed by atoms with E-state index in [-0.39, 0.29) is 24.9 Å². The highest BCUT2D eigenvalue weighted by atomic mass is 16.5. The van der Waals surface area contributed by atoms with E-state index in [0.717, 1.165) is 78.6 Å². The number of anilines is 2.